The van der Waals surface area contributed by atoms with E-state index in [0.717, 1.165) is 37.8 Å². The van der Waals surface area contributed by atoms with E-state index in [-0.39, 0.29) is 11.9 Å². The molecule has 0 spiro atoms. The summed E-state index contributed by atoms with van der Waals surface area (Å²) in [4.78, 5) is 15.3. The molecule has 1 saturated carbocycles. The Labute approximate surface area is 143 Å². The lowest BCUT2D eigenvalue weighted by Crippen LogP contribution is -2.43. The van der Waals surface area contributed by atoms with Gasteiger partial charge in [0.25, 0.3) is 0 Å². The number of nitrogens with zero attached hydrogens (tertiary/aromatic N) is 1. The molecule has 1 aliphatic carbocycles. The lowest BCUT2D eigenvalue weighted by atomic mass is 9.95. The van der Waals surface area contributed by atoms with Gasteiger partial charge in [0, 0.05) is 18.3 Å². The fourth-order valence-corrected chi connectivity index (χ4v) is 3.64. The summed E-state index contributed by atoms with van der Waals surface area (Å²) in [5.41, 5.74) is 4.94. The van der Waals surface area contributed by atoms with Crippen LogP contribution in [0.3, 0.4) is 0 Å². The highest BCUT2D eigenvalue weighted by molar-refractivity contribution is 5.87. The van der Waals surface area contributed by atoms with Crippen LogP contribution < -0.4 is 10.2 Å². The third kappa shape index (κ3) is 3.03. The molecule has 0 saturated heterocycles. The maximum Gasteiger partial charge on any atom is 0.247 e. The van der Waals surface area contributed by atoms with Crippen LogP contribution in [-0.4, -0.2) is 18.5 Å². The summed E-state index contributed by atoms with van der Waals surface area (Å²) in [6, 6.07) is 16.9. The smallest absolute Gasteiger partial charge is 0.247 e. The first-order chi connectivity index (χ1) is 11.7. The molecule has 1 N–H and O–H groups in total. The number of benzene rings is 2. The van der Waals surface area contributed by atoms with E-state index in [2.05, 4.69) is 47.5 Å². The monoisotopic (exact) mass is 320 g/mol. The number of fused-ring (bicyclic) bond motifs is 1. The van der Waals surface area contributed by atoms with Crippen LogP contribution in [0, 0.1) is 6.92 Å². The summed E-state index contributed by atoms with van der Waals surface area (Å²) < 4.78 is 0. The highest BCUT2D eigenvalue weighted by atomic mass is 16.2. The molecule has 0 radical (unpaired) electrons. The zero-order valence-electron chi connectivity index (χ0n) is 14.2. The van der Waals surface area contributed by atoms with Gasteiger partial charge in [-0.25, -0.2) is 0 Å². The number of amides is 1. The zero-order chi connectivity index (χ0) is 16.5. The van der Waals surface area contributed by atoms with Crippen LogP contribution in [0.15, 0.2) is 48.5 Å². The first-order valence-corrected chi connectivity index (χ1v) is 8.94. The van der Waals surface area contributed by atoms with Gasteiger partial charge in [-0.3, -0.25) is 4.79 Å². The molecule has 2 aromatic carbocycles. The molecule has 124 valence electrons. The predicted molar refractivity (Wildman–Crippen MR) is 97.2 cm³/mol. The molecule has 1 aliphatic heterocycles. The van der Waals surface area contributed by atoms with Crippen molar-refractivity contribution in [2.45, 2.75) is 44.7 Å². The normalized spacial score (nSPS) is 18.0. The van der Waals surface area contributed by atoms with Gasteiger partial charge < -0.3 is 10.2 Å². The maximum atomic E-state index is 13.0. The fourth-order valence-electron chi connectivity index (χ4n) is 3.64. The van der Waals surface area contributed by atoms with E-state index in [1.807, 2.05) is 18.2 Å². The van der Waals surface area contributed by atoms with Gasteiger partial charge in [-0.05, 0) is 49.8 Å². The van der Waals surface area contributed by atoms with Crippen molar-refractivity contribution < 1.29 is 4.79 Å². The van der Waals surface area contributed by atoms with E-state index in [0.29, 0.717) is 6.04 Å². The van der Waals surface area contributed by atoms with Crippen LogP contribution in [0.1, 0.15) is 42.0 Å². The highest BCUT2D eigenvalue weighted by Crippen LogP contribution is 2.35. The Morgan fingerprint density at radius 3 is 2.71 bits per heavy atom. The van der Waals surface area contributed by atoms with Crippen molar-refractivity contribution in [3.05, 3.63) is 65.2 Å². The molecule has 1 heterocycles. The molecule has 4 rings (SSSR count). The minimum absolute atomic E-state index is 0.136. The van der Waals surface area contributed by atoms with Crippen LogP contribution in [0.4, 0.5) is 5.69 Å². The molecular weight excluding hydrogens is 296 g/mol. The standard InChI is InChI=1S/C21H24N2O/c1-15-9-12-19-17(14-15)8-5-13-23(19)20(16-6-3-2-4-7-16)21(24)22-18-10-11-18/h2-4,6-7,9,12,14,18,20H,5,8,10-11,13H2,1H3,(H,22,24)/t20-/m1/s1. The third-order valence-electron chi connectivity index (χ3n) is 4.99. The second kappa shape index (κ2) is 6.31. The Bertz CT molecular complexity index is 737. The van der Waals surface area contributed by atoms with E-state index in [9.17, 15) is 4.79 Å². The van der Waals surface area contributed by atoms with Crippen LogP contribution in [0.2, 0.25) is 0 Å². The molecule has 24 heavy (non-hydrogen) atoms. The second-order valence-corrected chi connectivity index (χ2v) is 7.03. The van der Waals surface area contributed by atoms with Crippen molar-refractivity contribution in [2.24, 2.45) is 0 Å². The van der Waals surface area contributed by atoms with E-state index in [1.54, 1.807) is 0 Å². The number of nitrogens with one attached hydrogen (secondary N) is 1. The van der Waals surface area contributed by atoms with Crippen molar-refractivity contribution in [1.29, 1.82) is 0 Å². The van der Waals surface area contributed by atoms with E-state index in [1.165, 1.54) is 16.8 Å². The molecule has 3 nitrogen and oxygen atoms in total. The first kappa shape index (κ1) is 15.3. The summed E-state index contributed by atoms with van der Waals surface area (Å²) in [6.07, 6.45) is 4.42. The van der Waals surface area contributed by atoms with Gasteiger partial charge in [-0.15, -0.1) is 0 Å². The molecule has 2 aliphatic rings. The number of anilines is 1. The lowest BCUT2D eigenvalue weighted by Gasteiger charge is -2.37. The number of hydrogen-bond donors (Lipinski definition) is 1. The SMILES string of the molecule is Cc1ccc2c(c1)CCCN2[C@@H](C(=O)NC1CC1)c1ccccc1. The Balaban J connectivity index is 1.72. The zero-order valence-corrected chi connectivity index (χ0v) is 14.2. The molecule has 1 amide bonds. The van der Waals surface area contributed by atoms with E-state index in [4.69, 9.17) is 0 Å². The number of rotatable bonds is 4. The van der Waals surface area contributed by atoms with E-state index < -0.39 is 0 Å². The maximum absolute atomic E-state index is 13.0. The van der Waals surface area contributed by atoms with Gasteiger partial charge in [-0.1, -0.05) is 48.0 Å². The molecule has 0 unspecified atom stereocenters. The molecular formula is C21H24N2O. The number of aryl methyl sites for hydroxylation is 2. The Kier molecular flexibility index (Phi) is 4.01. The molecule has 2 aromatic rings. The number of carbonyl (C=O) groups excluding carboxylic acids is 1. The first-order valence-electron chi connectivity index (χ1n) is 8.94. The largest absolute Gasteiger partial charge is 0.356 e. The Hall–Kier alpha value is -2.29. The summed E-state index contributed by atoms with van der Waals surface area (Å²) in [6.45, 7) is 3.06. The van der Waals surface area contributed by atoms with Crippen molar-refractivity contribution in [3.8, 4) is 0 Å². The topological polar surface area (TPSA) is 32.3 Å². The van der Waals surface area contributed by atoms with Crippen LogP contribution in [0.25, 0.3) is 0 Å². The Morgan fingerprint density at radius 2 is 1.96 bits per heavy atom. The summed E-state index contributed by atoms with van der Waals surface area (Å²) >= 11 is 0. The van der Waals surface area contributed by atoms with Crippen molar-refractivity contribution in [1.82, 2.24) is 5.32 Å². The van der Waals surface area contributed by atoms with Crippen molar-refractivity contribution >= 4 is 11.6 Å². The summed E-state index contributed by atoms with van der Waals surface area (Å²) in [5.74, 6) is 0.136. The summed E-state index contributed by atoms with van der Waals surface area (Å²) in [7, 11) is 0. The van der Waals surface area contributed by atoms with Crippen molar-refractivity contribution in [3.63, 3.8) is 0 Å². The predicted octanol–water partition coefficient (Wildman–Crippen LogP) is 3.77. The van der Waals surface area contributed by atoms with Gasteiger partial charge in [0.15, 0.2) is 0 Å². The van der Waals surface area contributed by atoms with Gasteiger partial charge in [-0.2, -0.15) is 0 Å². The van der Waals surface area contributed by atoms with E-state index >= 15 is 0 Å². The second-order valence-electron chi connectivity index (χ2n) is 7.03. The molecule has 0 aromatic heterocycles. The quantitative estimate of drug-likeness (QED) is 0.930. The third-order valence-corrected chi connectivity index (χ3v) is 4.99. The van der Waals surface area contributed by atoms with Gasteiger partial charge in [0.1, 0.15) is 6.04 Å². The van der Waals surface area contributed by atoms with Gasteiger partial charge in [0.2, 0.25) is 5.91 Å². The minimum Gasteiger partial charge on any atom is -0.356 e. The van der Waals surface area contributed by atoms with Crippen LogP contribution in [0.5, 0.6) is 0 Å². The number of carbonyl (C=O) groups is 1. The molecule has 1 atom stereocenters. The molecule has 3 heteroatoms. The summed E-state index contributed by atoms with van der Waals surface area (Å²) in [5, 5.41) is 3.21. The molecule has 0 bridgehead atoms. The Morgan fingerprint density at radius 1 is 1.17 bits per heavy atom. The van der Waals surface area contributed by atoms with Crippen molar-refractivity contribution in [2.75, 3.05) is 11.4 Å². The molecule has 1 fully saturated rings. The average molecular weight is 320 g/mol. The van der Waals surface area contributed by atoms with Crippen LogP contribution in [-0.2, 0) is 11.2 Å². The van der Waals surface area contributed by atoms with Gasteiger partial charge >= 0.3 is 0 Å². The van der Waals surface area contributed by atoms with Gasteiger partial charge in [0.05, 0.1) is 0 Å². The fraction of sp³-hybridized carbons (Fsp3) is 0.381. The lowest BCUT2D eigenvalue weighted by molar-refractivity contribution is -0.122. The number of hydrogen-bond acceptors (Lipinski definition) is 2. The minimum atomic E-state index is -0.242. The average Bonchev–Trinajstić information content (AvgIpc) is 3.40. The highest BCUT2D eigenvalue weighted by Gasteiger charge is 2.34. The van der Waals surface area contributed by atoms with Crippen LogP contribution >= 0.6 is 0 Å².